The maximum Gasteiger partial charge on any atom is 0.246 e. The van der Waals surface area contributed by atoms with Crippen molar-refractivity contribution in [3.05, 3.63) is 60.2 Å². The lowest BCUT2D eigenvalue weighted by Crippen LogP contribution is -2.45. The van der Waals surface area contributed by atoms with Gasteiger partial charge in [-0.25, -0.2) is 0 Å². The molecule has 0 radical (unpaired) electrons. The van der Waals surface area contributed by atoms with Gasteiger partial charge in [0.15, 0.2) is 0 Å². The smallest absolute Gasteiger partial charge is 0.246 e. The van der Waals surface area contributed by atoms with E-state index in [-0.39, 0.29) is 23.8 Å². The van der Waals surface area contributed by atoms with Crippen LogP contribution in [-0.4, -0.2) is 56.2 Å². The van der Waals surface area contributed by atoms with E-state index in [4.69, 9.17) is 9.47 Å². The van der Waals surface area contributed by atoms with Crippen molar-refractivity contribution in [3.8, 4) is 5.75 Å². The summed E-state index contributed by atoms with van der Waals surface area (Å²) in [7, 11) is 1.60. The molecule has 184 valence electrons. The molecule has 0 spiro atoms. The minimum Gasteiger partial charge on any atom is -0.497 e. The Bertz CT molecular complexity index is 911. The molecule has 0 saturated carbocycles. The van der Waals surface area contributed by atoms with Crippen LogP contribution in [0.15, 0.2) is 54.6 Å². The molecule has 0 bridgehead atoms. The van der Waals surface area contributed by atoms with Crippen molar-refractivity contribution < 1.29 is 19.1 Å². The van der Waals surface area contributed by atoms with Gasteiger partial charge in [-0.2, -0.15) is 0 Å². The lowest BCUT2D eigenvalue weighted by atomic mass is 9.93. The van der Waals surface area contributed by atoms with E-state index in [1.807, 2.05) is 68.4 Å². The Morgan fingerprint density at radius 3 is 2.47 bits per heavy atom. The van der Waals surface area contributed by atoms with Crippen LogP contribution in [0.5, 0.6) is 5.75 Å². The van der Waals surface area contributed by atoms with Crippen molar-refractivity contribution in [1.82, 2.24) is 10.2 Å². The highest BCUT2D eigenvalue weighted by atomic mass is 16.5. The van der Waals surface area contributed by atoms with Crippen LogP contribution in [-0.2, 0) is 14.3 Å². The molecule has 1 saturated heterocycles. The van der Waals surface area contributed by atoms with E-state index in [0.29, 0.717) is 37.7 Å². The third-order valence-electron chi connectivity index (χ3n) is 6.04. The van der Waals surface area contributed by atoms with Gasteiger partial charge >= 0.3 is 0 Å². The lowest BCUT2D eigenvalue weighted by Gasteiger charge is -2.36. The maximum atomic E-state index is 13.4. The molecule has 1 aliphatic heterocycles. The SMILES string of the molecule is COc1cccc(NC(=O)C(c2ccccc2)N2CCC(C(=O)NCCCOC(C)C)CC2)c1. The maximum absolute atomic E-state index is 13.4. The highest BCUT2D eigenvalue weighted by molar-refractivity contribution is 5.95. The number of benzene rings is 2. The minimum atomic E-state index is -0.426. The molecule has 3 rings (SSSR count). The standard InChI is InChI=1S/C27H37N3O4/c1-20(2)34-18-8-15-28-26(31)22-13-16-30(17-14-22)25(21-9-5-4-6-10-21)27(32)29-23-11-7-12-24(19-23)33-3/h4-7,9-12,19-20,22,25H,8,13-18H2,1-3H3,(H,28,31)(H,29,32). The molecule has 1 heterocycles. The first kappa shape index (κ1) is 25.7. The van der Waals surface area contributed by atoms with Gasteiger partial charge in [0, 0.05) is 30.8 Å². The summed E-state index contributed by atoms with van der Waals surface area (Å²) >= 11 is 0. The summed E-state index contributed by atoms with van der Waals surface area (Å²) in [5.41, 5.74) is 1.64. The molecule has 2 amide bonds. The molecule has 0 aliphatic carbocycles. The number of nitrogens with zero attached hydrogens (tertiary/aromatic N) is 1. The van der Waals surface area contributed by atoms with Gasteiger partial charge < -0.3 is 20.1 Å². The molecule has 0 aromatic heterocycles. The Kier molecular flexibility index (Phi) is 9.91. The van der Waals surface area contributed by atoms with E-state index in [9.17, 15) is 9.59 Å². The number of hydrogen-bond donors (Lipinski definition) is 2. The van der Waals surface area contributed by atoms with E-state index in [1.165, 1.54) is 0 Å². The van der Waals surface area contributed by atoms with Gasteiger partial charge in [0.05, 0.1) is 13.2 Å². The zero-order chi connectivity index (χ0) is 24.3. The van der Waals surface area contributed by atoms with Crippen molar-refractivity contribution in [1.29, 1.82) is 0 Å². The average molecular weight is 468 g/mol. The number of anilines is 1. The fourth-order valence-corrected chi connectivity index (χ4v) is 4.24. The van der Waals surface area contributed by atoms with Crippen LogP contribution in [0, 0.1) is 5.92 Å². The van der Waals surface area contributed by atoms with Crippen LogP contribution in [0.25, 0.3) is 0 Å². The normalized spacial score (nSPS) is 15.6. The van der Waals surface area contributed by atoms with E-state index in [0.717, 1.165) is 24.8 Å². The molecule has 2 aromatic carbocycles. The van der Waals surface area contributed by atoms with E-state index >= 15 is 0 Å². The fraction of sp³-hybridized carbons (Fsp3) is 0.481. The number of likely N-dealkylation sites (tertiary alicyclic amines) is 1. The van der Waals surface area contributed by atoms with Crippen molar-refractivity contribution >= 4 is 17.5 Å². The number of methoxy groups -OCH3 is 1. The second kappa shape index (κ2) is 13.1. The van der Waals surface area contributed by atoms with Crippen LogP contribution in [0.4, 0.5) is 5.69 Å². The van der Waals surface area contributed by atoms with Gasteiger partial charge in [-0.15, -0.1) is 0 Å². The zero-order valence-corrected chi connectivity index (χ0v) is 20.5. The number of carbonyl (C=O) groups is 2. The Morgan fingerprint density at radius 2 is 1.79 bits per heavy atom. The monoisotopic (exact) mass is 467 g/mol. The minimum absolute atomic E-state index is 0.0277. The second-order valence-corrected chi connectivity index (χ2v) is 8.91. The number of ether oxygens (including phenoxy) is 2. The molecule has 1 fully saturated rings. The highest BCUT2D eigenvalue weighted by Gasteiger charge is 2.33. The third-order valence-corrected chi connectivity index (χ3v) is 6.04. The van der Waals surface area contributed by atoms with Gasteiger partial charge in [-0.05, 0) is 63.9 Å². The first-order chi connectivity index (χ1) is 16.5. The molecule has 7 heteroatoms. The summed E-state index contributed by atoms with van der Waals surface area (Å²) in [4.78, 5) is 28.2. The zero-order valence-electron chi connectivity index (χ0n) is 20.5. The molecule has 2 aromatic rings. The largest absolute Gasteiger partial charge is 0.497 e. The Morgan fingerprint density at radius 1 is 1.06 bits per heavy atom. The Labute approximate surface area is 202 Å². The highest BCUT2D eigenvalue weighted by Crippen LogP contribution is 2.29. The molecule has 1 unspecified atom stereocenters. The summed E-state index contributed by atoms with van der Waals surface area (Å²) in [6.07, 6.45) is 2.47. The van der Waals surface area contributed by atoms with Crippen molar-refractivity contribution in [2.45, 2.75) is 45.3 Å². The number of piperidine rings is 1. The fourth-order valence-electron chi connectivity index (χ4n) is 4.24. The summed E-state index contributed by atoms with van der Waals surface area (Å²) in [5, 5.41) is 6.08. The Hall–Kier alpha value is -2.90. The number of nitrogens with one attached hydrogen (secondary N) is 2. The van der Waals surface area contributed by atoms with Gasteiger partial charge in [0.1, 0.15) is 11.8 Å². The predicted octanol–water partition coefficient (Wildman–Crippen LogP) is 4.02. The molecule has 1 aliphatic rings. The molecule has 1 atom stereocenters. The van der Waals surface area contributed by atoms with Crippen LogP contribution in [0.2, 0.25) is 0 Å². The van der Waals surface area contributed by atoms with Crippen LogP contribution >= 0.6 is 0 Å². The molecule has 7 nitrogen and oxygen atoms in total. The van der Waals surface area contributed by atoms with E-state index in [1.54, 1.807) is 7.11 Å². The summed E-state index contributed by atoms with van der Waals surface area (Å²) in [6, 6.07) is 16.7. The van der Waals surface area contributed by atoms with Crippen molar-refractivity contribution in [3.63, 3.8) is 0 Å². The van der Waals surface area contributed by atoms with E-state index in [2.05, 4.69) is 15.5 Å². The van der Waals surface area contributed by atoms with Crippen molar-refractivity contribution in [2.75, 3.05) is 38.7 Å². The summed E-state index contributed by atoms with van der Waals surface area (Å²) in [6.45, 7) is 6.65. The molecule has 34 heavy (non-hydrogen) atoms. The number of amides is 2. The number of rotatable bonds is 11. The lowest BCUT2D eigenvalue weighted by molar-refractivity contribution is -0.127. The van der Waals surface area contributed by atoms with Crippen molar-refractivity contribution in [2.24, 2.45) is 5.92 Å². The first-order valence-electron chi connectivity index (χ1n) is 12.1. The second-order valence-electron chi connectivity index (χ2n) is 8.91. The topological polar surface area (TPSA) is 79.9 Å². The predicted molar refractivity (Wildman–Crippen MR) is 134 cm³/mol. The molecule has 2 N–H and O–H groups in total. The van der Waals surface area contributed by atoms with E-state index < -0.39 is 6.04 Å². The molecular weight excluding hydrogens is 430 g/mol. The first-order valence-corrected chi connectivity index (χ1v) is 12.1. The van der Waals surface area contributed by atoms with Gasteiger partial charge in [-0.1, -0.05) is 36.4 Å². The Balaban J connectivity index is 1.59. The van der Waals surface area contributed by atoms with Gasteiger partial charge in [-0.3, -0.25) is 14.5 Å². The molecular formula is C27H37N3O4. The van der Waals surface area contributed by atoms with Crippen LogP contribution < -0.4 is 15.4 Å². The quantitative estimate of drug-likeness (QED) is 0.488. The van der Waals surface area contributed by atoms with Gasteiger partial charge in [0.25, 0.3) is 0 Å². The number of carbonyl (C=O) groups excluding carboxylic acids is 2. The average Bonchev–Trinajstić information content (AvgIpc) is 2.85. The third kappa shape index (κ3) is 7.57. The van der Waals surface area contributed by atoms with Gasteiger partial charge in [0.2, 0.25) is 11.8 Å². The van der Waals surface area contributed by atoms with Crippen LogP contribution in [0.1, 0.15) is 44.7 Å². The summed E-state index contributed by atoms with van der Waals surface area (Å²) < 4.78 is 10.8. The van der Waals surface area contributed by atoms with Crippen LogP contribution in [0.3, 0.4) is 0 Å². The number of hydrogen-bond acceptors (Lipinski definition) is 5. The summed E-state index contributed by atoms with van der Waals surface area (Å²) in [5.74, 6) is 0.672.